The summed E-state index contributed by atoms with van der Waals surface area (Å²) in [7, 11) is 1.99. The highest BCUT2D eigenvalue weighted by molar-refractivity contribution is 9.12. The van der Waals surface area contributed by atoms with Gasteiger partial charge in [0.2, 0.25) is 0 Å². The third-order valence-corrected chi connectivity index (χ3v) is 7.03. The Labute approximate surface area is 134 Å². The average molecular weight is 460 g/mol. The van der Waals surface area contributed by atoms with Gasteiger partial charge in [0, 0.05) is 10.4 Å². The fraction of sp³-hybridized carbons (Fsp3) is 0.273. The summed E-state index contributed by atoms with van der Waals surface area (Å²) in [6, 6.07) is 4.63. The van der Waals surface area contributed by atoms with Crippen LogP contribution in [0.3, 0.4) is 0 Å². The van der Waals surface area contributed by atoms with Gasteiger partial charge in [-0.05, 0) is 79.5 Å². The van der Waals surface area contributed by atoms with Gasteiger partial charge >= 0.3 is 0 Å². The van der Waals surface area contributed by atoms with Gasteiger partial charge in [-0.1, -0.05) is 0 Å². The van der Waals surface area contributed by atoms with Gasteiger partial charge < -0.3 is 5.32 Å². The first-order chi connectivity index (χ1) is 8.02. The summed E-state index contributed by atoms with van der Waals surface area (Å²) >= 11 is 14.2. The lowest BCUT2D eigenvalue weighted by Crippen LogP contribution is -2.16. The van der Waals surface area contributed by atoms with Crippen molar-refractivity contribution in [2.75, 3.05) is 7.05 Å². The van der Waals surface area contributed by atoms with Gasteiger partial charge in [-0.2, -0.15) is 0 Å². The van der Waals surface area contributed by atoms with Gasteiger partial charge in [-0.15, -0.1) is 22.7 Å². The normalized spacial score (nSPS) is 13.0. The fourth-order valence-electron chi connectivity index (χ4n) is 1.63. The SMILES string of the molecule is CNC(c1cc(C)c(Br)s1)c1cc(Br)sc1Br. The van der Waals surface area contributed by atoms with E-state index in [9.17, 15) is 0 Å². The van der Waals surface area contributed by atoms with E-state index in [0.29, 0.717) is 0 Å². The van der Waals surface area contributed by atoms with E-state index < -0.39 is 0 Å². The monoisotopic (exact) mass is 457 g/mol. The van der Waals surface area contributed by atoms with E-state index in [1.54, 1.807) is 22.7 Å². The second-order valence-electron chi connectivity index (χ2n) is 3.61. The maximum atomic E-state index is 3.62. The predicted molar refractivity (Wildman–Crippen MR) is 87.4 cm³/mol. The quantitative estimate of drug-likeness (QED) is 0.619. The molecule has 0 fully saturated rings. The summed E-state index contributed by atoms with van der Waals surface area (Å²) < 4.78 is 3.52. The number of hydrogen-bond donors (Lipinski definition) is 1. The fourth-order valence-corrected chi connectivity index (χ4v) is 6.23. The van der Waals surface area contributed by atoms with Gasteiger partial charge in [0.25, 0.3) is 0 Å². The van der Waals surface area contributed by atoms with E-state index in [-0.39, 0.29) is 6.04 Å². The number of hydrogen-bond acceptors (Lipinski definition) is 3. The Hall–Kier alpha value is 0.800. The molecule has 0 aliphatic rings. The molecule has 2 aromatic heterocycles. The lowest BCUT2D eigenvalue weighted by molar-refractivity contribution is 0.703. The van der Waals surface area contributed by atoms with E-state index in [0.717, 1.165) is 3.79 Å². The predicted octanol–water partition coefficient (Wildman–Crippen LogP) is 5.71. The van der Waals surface area contributed by atoms with Crippen LogP contribution in [0.2, 0.25) is 0 Å². The summed E-state index contributed by atoms with van der Waals surface area (Å²) in [5, 5.41) is 3.37. The molecule has 17 heavy (non-hydrogen) atoms. The molecular formula is C11H10Br3NS2. The first kappa shape index (κ1) is 14.2. The van der Waals surface area contributed by atoms with Crippen molar-refractivity contribution < 1.29 is 0 Å². The van der Waals surface area contributed by atoms with E-state index in [1.807, 2.05) is 7.05 Å². The molecule has 2 heterocycles. The summed E-state index contributed by atoms with van der Waals surface area (Å²) in [5.41, 5.74) is 2.56. The first-order valence-electron chi connectivity index (χ1n) is 4.90. The highest BCUT2D eigenvalue weighted by Gasteiger charge is 2.20. The van der Waals surface area contributed by atoms with E-state index in [4.69, 9.17) is 0 Å². The summed E-state index contributed by atoms with van der Waals surface area (Å²) in [4.78, 5) is 1.32. The van der Waals surface area contributed by atoms with Crippen LogP contribution >= 0.6 is 70.5 Å². The molecule has 2 rings (SSSR count). The van der Waals surface area contributed by atoms with Crippen molar-refractivity contribution in [3.8, 4) is 0 Å². The summed E-state index contributed by atoms with van der Waals surface area (Å²) in [6.45, 7) is 2.12. The van der Waals surface area contributed by atoms with E-state index in [2.05, 4.69) is 72.2 Å². The van der Waals surface area contributed by atoms with Crippen LogP contribution in [-0.2, 0) is 0 Å². The molecule has 0 aliphatic heterocycles. The van der Waals surface area contributed by atoms with E-state index in [1.165, 1.54) is 23.6 Å². The minimum absolute atomic E-state index is 0.238. The Bertz CT molecular complexity index is 513. The largest absolute Gasteiger partial charge is 0.309 e. The standard InChI is InChI=1S/C11H10Br3NS2/c1-5-3-7(16-10(5)13)9(15-2)6-4-8(12)17-11(6)14/h3-4,9,15H,1-2H3. The van der Waals surface area contributed by atoms with Crippen LogP contribution in [-0.4, -0.2) is 7.05 Å². The van der Waals surface area contributed by atoms with Crippen LogP contribution in [0, 0.1) is 6.92 Å². The molecule has 92 valence electrons. The van der Waals surface area contributed by atoms with Crippen LogP contribution in [0.15, 0.2) is 23.5 Å². The molecule has 0 radical (unpaired) electrons. The third-order valence-electron chi connectivity index (χ3n) is 2.44. The van der Waals surface area contributed by atoms with Crippen LogP contribution in [0.5, 0.6) is 0 Å². The Balaban J connectivity index is 2.43. The zero-order valence-electron chi connectivity index (χ0n) is 9.18. The highest BCUT2D eigenvalue weighted by atomic mass is 79.9. The van der Waals surface area contributed by atoms with Crippen molar-refractivity contribution in [2.45, 2.75) is 13.0 Å². The first-order valence-corrected chi connectivity index (χ1v) is 8.92. The zero-order valence-corrected chi connectivity index (χ0v) is 15.6. The van der Waals surface area contributed by atoms with Crippen molar-refractivity contribution in [3.63, 3.8) is 0 Å². The molecular weight excluding hydrogens is 450 g/mol. The maximum absolute atomic E-state index is 3.62. The van der Waals surface area contributed by atoms with Crippen molar-refractivity contribution >= 4 is 70.5 Å². The van der Waals surface area contributed by atoms with Crippen LogP contribution < -0.4 is 5.32 Å². The summed E-state index contributed by atoms with van der Waals surface area (Å²) in [5.74, 6) is 0. The Morgan fingerprint density at radius 1 is 1.12 bits per heavy atom. The van der Waals surface area contributed by atoms with Gasteiger partial charge in [0.1, 0.15) is 0 Å². The second kappa shape index (κ2) is 5.84. The average Bonchev–Trinajstić information content (AvgIpc) is 2.74. The number of nitrogens with one attached hydrogen (secondary N) is 1. The van der Waals surface area contributed by atoms with Gasteiger partial charge in [-0.25, -0.2) is 0 Å². The molecule has 0 saturated heterocycles. The van der Waals surface area contributed by atoms with E-state index >= 15 is 0 Å². The Morgan fingerprint density at radius 3 is 2.24 bits per heavy atom. The zero-order chi connectivity index (χ0) is 12.6. The lowest BCUT2D eigenvalue weighted by Gasteiger charge is -2.13. The molecule has 1 nitrogen and oxygen atoms in total. The minimum atomic E-state index is 0.238. The smallest absolute Gasteiger partial charge is 0.0762 e. The Morgan fingerprint density at radius 2 is 1.82 bits per heavy atom. The van der Waals surface area contributed by atoms with Crippen LogP contribution in [0.25, 0.3) is 0 Å². The molecule has 1 N–H and O–H groups in total. The number of thiophene rings is 2. The van der Waals surface area contributed by atoms with Crippen molar-refractivity contribution in [1.82, 2.24) is 5.32 Å². The lowest BCUT2D eigenvalue weighted by atomic mass is 10.1. The molecule has 6 heteroatoms. The van der Waals surface area contributed by atoms with Crippen molar-refractivity contribution in [3.05, 3.63) is 39.5 Å². The third kappa shape index (κ3) is 3.04. The highest BCUT2D eigenvalue weighted by Crippen LogP contribution is 2.41. The molecule has 0 spiro atoms. The molecule has 2 aromatic rings. The molecule has 1 unspecified atom stereocenters. The number of halogens is 3. The van der Waals surface area contributed by atoms with Crippen molar-refractivity contribution in [1.29, 1.82) is 0 Å². The maximum Gasteiger partial charge on any atom is 0.0762 e. The van der Waals surface area contributed by atoms with Crippen LogP contribution in [0.4, 0.5) is 0 Å². The second-order valence-corrected chi connectivity index (χ2v) is 9.76. The number of aryl methyl sites for hydroxylation is 1. The molecule has 0 bridgehead atoms. The van der Waals surface area contributed by atoms with Crippen molar-refractivity contribution in [2.24, 2.45) is 0 Å². The molecule has 0 aromatic carbocycles. The van der Waals surface area contributed by atoms with Gasteiger partial charge in [0.05, 0.1) is 17.4 Å². The topological polar surface area (TPSA) is 12.0 Å². The van der Waals surface area contributed by atoms with Crippen LogP contribution in [0.1, 0.15) is 22.0 Å². The Kier molecular flexibility index (Phi) is 4.88. The van der Waals surface area contributed by atoms with Gasteiger partial charge in [0.15, 0.2) is 0 Å². The molecule has 0 amide bonds. The molecule has 1 atom stereocenters. The summed E-state index contributed by atoms with van der Waals surface area (Å²) in [6.07, 6.45) is 0. The minimum Gasteiger partial charge on any atom is -0.309 e. The molecule has 0 aliphatic carbocycles. The number of rotatable bonds is 3. The molecule has 0 saturated carbocycles. The van der Waals surface area contributed by atoms with Gasteiger partial charge in [-0.3, -0.25) is 0 Å².